The zero-order chi connectivity index (χ0) is 14.8. The molecule has 1 aliphatic heterocycles. The van der Waals surface area contributed by atoms with E-state index in [1.54, 1.807) is 12.1 Å². The number of aromatic nitrogens is 2. The lowest BCUT2D eigenvalue weighted by molar-refractivity contribution is -0.384. The number of benzene rings is 1. The summed E-state index contributed by atoms with van der Waals surface area (Å²) in [4.78, 5) is 16.8. The molecule has 0 aliphatic carbocycles. The van der Waals surface area contributed by atoms with Crippen LogP contribution in [0.1, 0.15) is 11.9 Å². The SMILES string of the molecule is CN1CCNCC1c1noc(-c2ccc([N+](=O)[O-])cc2)n1. The maximum absolute atomic E-state index is 10.6. The first-order valence-electron chi connectivity index (χ1n) is 6.64. The molecule has 0 spiro atoms. The topological polar surface area (TPSA) is 97.3 Å². The molecule has 1 saturated heterocycles. The van der Waals surface area contributed by atoms with E-state index in [-0.39, 0.29) is 11.7 Å². The molecule has 2 aromatic rings. The Morgan fingerprint density at radius 2 is 2.19 bits per heavy atom. The minimum absolute atomic E-state index is 0.0368. The summed E-state index contributed by atoms with van der Waals surface area (Å²) in [6.45, 7) is 2.64. The van der Waals surface area contributed by atoms with Gasteiger partial charge in [0.05, 0.1) is 11.0 Å². The molecule has 2 heterocycles. The van der Waals surface area contributed by atoms with Gasteiger partial charge in [0.2, 0.25) is 0 Å². The van der Waals surface area contributed by atoms with E-state index in [9.17, 15) is 10.1 Å². The third-order valence-corrected chi connectivity index (χ3v) is 3.58. The van der Waals surface area contributed by atoms with Crippen LogP contribution in [0.2, 0.25) is 0 Å². The summed E-state index contributed by atoms with van der Waals surface area (Å²) in [5, 5.41) is 18.0. The van der Waals surface area contributed by atoms with Gasteiger partial charge in [-0.05, 0) is 19.2 Å². The highest BCUT2D eigenvalue weighted by Crippen LogP contribution is 2.24. The highest BCUT2D eigenvalue weighted by Gasteiger charge is 2.25. The van der Waals surface area contributed by atoms with Crippen molar-refractivity contribution in [3.63, 3.8) is 0 Å². The summed E-state index contributed by atoms with van der Waals surface area (Å²) in [5.74, 6) is 0.997. The summed E-state index contributed by atoms with van der Waals surface area (Å²) in [5.41, 5.74) is 0.709. The molecule has 1 unspecified atom stereocenters. The molecule has 1 aromatic carbocycles. The number of piperazine rings is 1. The quantitative estimate of drug-likeness (QED) is 0.670. The molecule has 21 heavy (non-hydrogen) atoms. The van der Waals surface area contributed by atoms with Gasteiger partial charge in [0.1, 0.15) is 0 Å². The predicted octanol–water partition coefficient (Wildman–Crippen LogP) is 1.22. The standard InChI is InChI=1S/C13H15N5O3/c1-17-7-6-14-8-11(17)12-15-13(21-16-12)9-2-4-10(5-3-9)18(19)20/h2-5,11,14H,6-8H2,1H3. The predicted molar refractivity (Wildman–Crippen MR) is 74.6 cm³/mol. The molecule has 8 heteroatoms. The van der Waals surface area contributed by atoms with Crippen LogP contribution >= 0.6 is 0 Å². The lowest BCUT2D eigenvalue weighted by atomic mass is 10.2. The van der Waals surface area contributed by atoms with E-state index in [2.05, 4.69) is 20.4 Å². The van der Waals surface area contributed by atoms with Gasteiger partial charge in [-0.3, -0.25) is 15.0 Å². The Bertz CT molecular complexity index is 640. The van der Waals surface area contributed by atoms with Crippen molar-refractivity contribution >= 4 is 5.69 Å². The first-order chi connectivity index (χ1) is 10.1. The third kappa shape index (κ3) is 2.76. The number of nitro groups is 1. The van der Waals surface area contributed by atoms with Crippen LogP contribution in [0.15, 0.2) is 28.8 Å². The number of hydrogen-bond acceptors (Lipinski definition) is 7. The van der Waals surface area contributed by atoms with Gasteiger partial charge in [-0.1, -0.05) is 5.16 Å². The zero-order valence-corrected chi connectivity index (χ0v) is 11.5. The molecule has 8 nitrogen and oxygen atoms in total. The molecule has 0 radical (unpaired) electrons. The molecule has 1 fully saturated rings. The summed E-state index contributed by atoms with van der Waals surface area (Å²) in [6.07, 6.45) is 0. The minimum atomic E-state index is -0.439. The average molecular weight is 289 g/mol. The van der Waals surface area contributed by atoms with Crippen LogP contribution in [0.25, 0.3) is 11.5 Å². The second-order valence-electron chi connectivity index (χ2n) is 4.96. The van der Waals surface area contributed by atoms with Crippen molar-refractivity contribution in [2.75, 3.05) is 26.7 Å². The number of nitrogens with one attached hydrogen (secondary N) is 1. The first kappa shape index (κ1) is 13.7. The van der Waals surface area contributed by atoms with E-state index >= 15 is 0 Å². The fourth-order valence-electron chi connectivity index (χ4n) is 2.31. The van der Waals surface area contributed by atoms with Crippen LogP contribution in [-0.2, 0) is 0 Å². The number of hydrogen-bond donors (Lipinski definition) is 1. The van der Waals surface area contributed by atoms with E-state index in [0.29, 0.717) is 17.3 Å². The highest BCUT2D eigenvalue weighted by atomic mass is 16.6. The van der Waals surface area contributed by atoms with E-state index in [0.717, 1.165) is 19.6 Å². The van der Waals surface area contributed by atoms with Crippen LogP contribution in [-0.4, -0.2) is 46.6 Å². The van der Waals surface area contributed by atoms with Crippen LogP contribution in [0.5, 0.6) is 0 Å². The van der Waals surface area contributed by atoms with Gasteiger partial charge in [-0.25, -0.2) is 0 Å². The van der Waals surface area contributed by atoms with Gasteiger partial charge >= 0.3 is 0 Å². The van der Waals surface area contributed by atoms with Crippen molar-refractivity contribution < 1.29 is 9.45 Å². The monoisotopic (exact) mass is 289 g/mol. The Hall–Kier alpha value is -2.32. The number of non-ortho nitro benzene ring substituents is 1. The van der Waals surface area contributed by atoms with E-state index in [1.807, 2.05) is 7.05 Å². The smallest absolute Gasteiger partial charge is 0.269 e. The van der Waals surface area contributed by atoms with Gasteiger partial charge < -0.3 is 9.84 Å². The average Bonchev–Trinajstić information content (AvgIpc) is 2.97. The fourth-order valence-corrected chi connectivity index (χ4v) is 2.31. The number of nitro benzene ring substituents is 1. The first-order valence-corrected chi connectivity index (χ1v) is 6.64. The zero-order valence-electron chi connectivity index (χ0n) is 11.5. The molecule has 1 atom stereocenters. The molecule has 1 aliphatic rings. The third-order valence-electron chi connectivity index (χ3n) is 3.58. The molecule has 0 bridgehead atoms. The Morgan fingerprint density at radius 1 is 1.43 bits per heavy atom. The molecular weight excluding hydrogens is 274 g/mol. The molecule has 3 rings (SSSR count). The van der Waals surface area contributed by atoms with Gasteiger partial charge in [0.25, 0.3) is 11.6 Å². The summed E-state index contributed by atoms with van der Waals surface area (Å²) >= 11 is 0. The Morgan fingerprint density at radius 3 is 2.86 bits per heavy atom. The van der Waals surface area contributed by atoms with E-state index < -0.39 is 4.92 Å². The lowest BCUT2D eigenvalue weighted by Gasteiger charge is -2.30. The van der Waals surface area contributed by atoms with E-state index in [4.69, 9.17) is 4.52 Å². The maximum atomic E-state index is 10.6. The largest absolute Gasteiger partial charge is 0.334 e. The van der Waals surface area contributed by atoms with Crippen LogP contribution in [0.3, 0.4) is 0 Å². The maximum Gasteiger partial charge on any atom is 0.269 e. The van der Waals surface area contributed by atoms with Gasteiger partial charge in [-0.2, -0.15) is 4.98 Å². The molecule has 1 N–H and O–H groups in total. The van der Waals surface area contributed by atoms with Gasteiger partial charge in [-0.15, -0.1) is 0 Å². The van der Waals surface area contributed by atoms with Crippen molar-refractivity contribution in [1.29, 1.82) is 0 Å². The molecule has 1 aromatic heterocycles. The van der Waals surface area contributed by atoms with Crippen LogP contribution in [0, 0.1) is 10.1 Å². The number of likely N-dealkylation sites (N-methyl/N-ethyl adjacent to an activating group) is 1. The summed E-state index contributed by atoms with van der Waals surface area (Å²) < 4.78 is 5.27. The summed E-state index contributed by atoms with van der Waals surface area (Å²) in [6, 6.07) is 6.15. The van der Waals surface area contributed by atoms with Crippen LogP contribution in [0.4, 0.5) is 5.69 Å². The summed E-state index contributed by atoms with van der Waals surface area (Å²) in [7, 11) is 2.02. The van der Waals surface area contributed by atoms with Crippen molar-refractivity contribution in [3.8, 4) is 11.5 Å². The van der Waals surface area contributed by atoms with Crippen molar-refractivity contribution in [2.45, 2.75) is 6.04 Å². The highest BCUT2D eigenvalue weighted by molar-refractivity contribution is 5.55. The van der Waals surface area contributed by atoms with Crippen molar-refractivity contribution in [1.82, 2.24) is 20.4 Å². The molecule has 0 amide bonds. The Kier molecular flexibility index (Phi) is 3.63. The van der Waals surface area contributed by atoms with Crippen molar-refractivity contribution in [3.05, 3.63) is 40.2 Å². The second-order valence-corrected chi connectivity index (χ2v) is 4.96. The number of nitrogens with zero attached hydrogens (tertiary/aromatic N) is 4. The number of rotatable bonds is 3. The minimum Gasteiger partial charge on any atom is -0.334 e. The van der Waals surface area contributed by atoms with Crippen molar-refractivity contribution in [2.24, 2.45) is 0 Å². The second kappa shape index (κ2) is 5.58. The van der Waals surface area contributed by atoms with Gasteiger partial charge in [0, 0.05) is 37.3 Å². The molecular formula is C13H15N5O3. The van der Waals surface area contributed by atoms with Gasteiger partial charge in [0.15, 0.2) is 5.82 Å². The normalized spacial score (nSPS) is 19.6. The molecule has 0 saturated carbocycles. The van der Waals surface area contributed by atoms with Crippen LogP contribution < -0.4 is 5.32 Å². The molecule has 110 valence electrons. The Balaban J connectivity index is 1.82. The van der Waals surface area contributed by atoms with E-state index in [1.165, 1.54) is 12.1 Å². The lowest BCUT2D eigenvalue weighted by Crippen LogP contribution is -2.44. The fraction of sp³-hybridized carbons (Fsp3) is 0.385. The Labute approximate surface area is 120 Å².